The number of hydrogen-bond donors (Lipinski definition) is 2. The normalized spacial score (nSPS) is 20.4. The number of aliphatic imine (C=N–C) groups is 1. The minimum Gasteiger partial charge on any atom is -0.358 e. The lowest BCUT2D eigenvalue weighted by molar-refractivity contribution is 0.189. The fourth-order valence-electron chi connectivity index (χ4n) is 4.45. The Labute approximate surface area is 173 Å². The van der Waals surface area contributed by atoms with Crippen molar-refractivity contribution in [2.45, 2.75) is 39.7 Å². The Morgan fingerprint density at radius 1 is 1.34 bits per heavy atom. The second-order valence-corrected chi connectivity index (χ2v) is 8.05. The highest BCUT2D eigenvalue weighted by Gasteiger charge is 2.28. The van der Waals surface area contributed by atoms with Crippen LogP contribution < -0.4 is 5.32 Å². The van der Waals surface area contributed by atoms with Gasteiger partial charge in [-0.05, 0) is 44.2 Å². The first kappa shape index (κ1) is 19.6. The first-order valence-electron chi connectivity index (χ1n) is 10.7. The smallest absolute Gasteiger partial charge is 0.193 e. The minimum absolute atomic E-state index is 0.436. The van der Waals surface area contributed by atoms with Crippen LogP contribution in [0, 0.1) is 12.8 Å². The number of piperidine rings is 1. The molecule has 6 nitrogen and oxygen atoms in total. The molecule has 4 rings (SSSR count). The summed E-state index contributed by atoms with van der Waals surface area (Å²) in [5, 5.41) is 4.82. The van der Waals surface area contributed by atoms with Gasteiger partial charge in [-0.2, -0.15) is 0 Å². The van der Waals surface area contributed by atoms with Gasteiger partial charge >= 0.3 is 0 Å². The number of aromatic nitrogens is 3. The number of fused-ring (bicyclic) bond motifs is 1. The van der Waals surface area contributed by atoms with Gasteiger partial charge in [0.15, 0.2) is 5.96 Å². The summed E-state index contributed by atoms with van der Waals surface area (Å²) in [4.78, 5) is 15.1. The maximum Gasteiger partial charge on any atom is 0.193 e. The van der Waals surface area contributed by atoms with E-state index in [0.717, 1.165) is 45.0 Å². The molecule has 154 valence electrons. The van der Waals surface area contributed by atoms with Crippen LogP contribution in [0.2, 0.25) is 0 Å². The molecule has 29 heavy (non-hydrogen) atoms. The summed E-state index contributed by atoms with van der Waals surface area (Å²) in [5.74, 6) is 1.67. The summed E-state index contributed by atoms with van der Waals surface area (Å²) < 4.78 is 2.25. The third-order valence-electron chi connectivity index (χ3n) is 6.11. The van der Waals surface area contributed by atoms with Crippen molar-refractivity contribution in [3.63, 3.8) is 0 Å². The molecule has 0 radical (unpaired) electrons. The number of likely N-dealkylation sites (tertiary alicyclic amines) is 1. The first-order chi connectivity index (χ1) is 14.2. The summed E-state index contributed by atoms with van der Waals surface area (Å²) in [7, 11) is 0. The second kappa shape index (κ2) is 8.72. The largest absolute Gasteiger partial charge is 0.358 e. The molecule has 2 unspecified atom stereocenters. The molecular weight excluding hydrogens is 360 g/mol. The number of nitrogens with one attached hydrogen (secondary N) is 2. The van der Waals surface area contributed by atoms with E-state index in [4.69, 9.17) is 4.99 Å². The van der Waals surface area contributed by atoms with Gasteiger partial charge < -0.3 is 19.8 Å². The maximum atomic E-state index is 4.99. The molecule has 1 saturated heterocycles. The van der Waals surface area contributed by atoms with Crippen molar-refractivity contribution in [2.24, 2.45) is 10.9 Å². The molecule has 3 aromatic rings. The SMILES string of the molecule is CCNC(=NCCc1c(C)[nH]c2ccccc12)N1CCC(C)C(n2ccnc2)C1. The quantitative estimate of drug-likeness (QED) is 0.513. The summed E-state index contributed by atoms with van der Waals surface area (Å²) in [6.07, 6.45) is 7.99. The predicted octanol–water partition coefficient (Wildman–Crippen LogP) is 3.76. The highest BCUT2D eigenvalue weighted by molar-refractivity contribution is 5.84. The van der Waals surface area contributed by atoms with Crippen LogP contribution in [0.5, 0.6) is 0 Å². The summed E-state index contributed by atoms with van der Waals surface area (Å²) in [5.41, 5.74) is 3.84. The van der Waals surface area contributed by atoms with Crippen LogP contribution >= 0.6 is 0 Å². The lowest BCUT2D eigenvalue weighted by Crippen LogP contribution is -2.49. The molecule has 2 atom stereocenters. The van der Waals surface area contributed by atoms with Crippen LogP contribution in [0.3, 0.4) is 0 Å². The van der Waals surface area contributed by atoms with Crippen LogP contribution in [0.15, 0.2) is 48.0 Å². The van der Waals surface area contributed by atoms with Crippen LogP contribution in [0.1, 0.15) is 37.6 Å². The monoisotopic (exact) mass is 392 g/mol. The van der Waals surface area contributed by atoms with E-state index in [9.17, 15) is 0 Å². The predicted molar refractivity (Wildman–Crippen MR) is 119 cm³/mol. The zero-order valence-electron chi connectivity index (χ0n) is 17.7. The van der Waals surface area contributed by atoms with E-state index >= 15 is 0 Å². The van der Waals surface area contributed by atoms with E-state index in [-0.39, 0.29) is 0 Å². The number of hydrogen-bond acceptors (Lipinski definition) is 2. The molecule has 0 amide bonds. The van der Waals surface area contributed by atoms with Crippen LogP contribution in [-0.2, 0) is 6.42 Å². The highest BCUT2D eigenvalue weighted by atomic mass is 15.3. The van der Waals surface area contributed by atoms with Crippen molar-refractivity contribution in [2.75, 3.05) is 26.2 Å². The molecule has 0 saturated carbocycles. The molecule has 3 heterocycles. The van der Waals surface area contributed by atoms with E-state index in [0.29, 0.717) is 12.0 Å². The minimum atomic E-state index is 0.436. The number of guanidine groups is 1. The number of benzene rings is 1. The fourth-order valence-corrected chi connectivity index (χ4v) is 4.45. The first-order valence-corrected chi connectivity index (χ1v) is 10.7. The Morgan fingerprint density at radius 2 is 2.21 bits per heavy atom. The van der Waals surface area contributed by atoms with Crippen molar-refractivity contribution >= 4 is 16.9 Å². The van der Waals surface area contributed by atoms with E-state index in [1.165, 1.54) is 22.2 Å². The Balaban J connectivity index is 1.48. The van der Waals surface area contributed by atoms with Crippen LogP contribution in [0.4, 0.5) is 0 Å². The summed E-state index contributed by atoms with van der Waals surface area (Å²) >= 11 is 0. The Hall–Kier alpha value is -2.76. The van der Waals surface area contributed by atoms with Gasteiger partial charge in [0.2, 0.25) is 0 Å². The number of nitrogens with zero attached hydrogens (tertiary/aromatic N) is 4. The number of aryl methyl sites for hydroxylation is 1. The molecular formula is C23H32N6. The fraction of sp³-hybridized carbons (Fsp3) is 0.478. The van der Waals surface area contributed by atoms with Gasteiger partial charge in [0.05, 0.1) is 12.4 Å². The lowest BCUT2D eigenvalue weighted by Gasteiger charge is -2.39. The number of aromatic amines is 1. The third kappa shape index (κ3) is 4.16. The van der Waals surface area contributed by atoms with E-state index < -0.39 is 0 Å². The van der Waals surface area contributed by atoms with Gasteiger partial charge in [-0.25, -0.2) is 4.98 Å². The molecule has 0 aliphatic carbocycles. The molecule has 1 aromatic carbocycles. The molecule has 1 fully saturated rings. The molecule has 1 aliphatic heterocycles. The number of para-hydroxylation sites is 1. The molecule has 6 heteroatoms. The summed E-state index contributed by atoms with van der Waals surface area (Å²) in [6, 6.07) is 8.97. The average molecular weight is 393 g/mol. The molecule has 0 bridgehead atoms. The van der Waals surface area contributed by atoms with Gasteiger partial charge in [-0.3, -0.25) is 4.99 Å². The Kier molecular flexibility index (Phi) is 5.88. The van der Waals surface area contributed by atoms with E-state index in [1.54, 1.807) is 0 Å². The summed E-state index contributed by atoms with van der Waals surface area (Å²) in [6.45, 7) is 10.3. The van der Waals surface area contributed by atoms with Crippen molar-refractivity contribution < 1.29 is 0 Å². The van der Waals surface area contributed by atoms with Crippen molar-refractivity contribution in [3.05, 3.63) is 54.2 Å². The van der Waals surface area contributed by atoms with E-state index in [1.807, 2.05) is 12.5 Å². The number of imidazole rings is 1. The topological polar surface area (TPSA) is 61.2 Å². The van der Waals surface area contributed by atoms with Crippen molar-refractivity contribution in [1.82, 2.24) is 24.8 Å². The second-order valence-electron chi connectivity index (χ2n) is 8.05. The van der Waals surface area contributed by atoms with Crippen molar-refractivity contribution in [3.8, 4) is 0 Å². The zero-order chi connectivity index (χ0) is 20.2. The Morgan fingerprint density at radius 3 is 3.00 bits per heavy atom. The Bertz CT molecular complexity index is 955. The number of rotatable bonds is 5. The molecule has 1 aliphatic rings. The van der Waals surface area contributed by atoms with Crippen LogP contribution in [0.25, 0.3) is 10.9 Å². The molecule has 0 spiro atoms. The standard InChI is InChI=1S/C23H32N6/c1-4-25-23(28-13-10-17(2)22(15-28)29-14-12-24-16-29)26-11-9-19-18(3)27-21-8-6-5-7-20(19)21/h5-8,12,14,16-17,22,27H,4,9-11,13,15H2,1-3H3,(H,25,26). The van der Waals surface area contributed by atoms with Crippen molar-refractivity contribution in [1.29, 1.82) is 0 Å². The van der Waals surface area contributed by atoms with Gasteiger partial charge in [-0.1, -0.05) is 25.1 Å². The highest BCUT2D eigenvalue weighted by Crippen LogP contribution is 2.27. The van der Waals surface area contributed by atoms with E-state index in [2.05, 4.69) is 76.0 Å². The average Bonchev–Trinajstić information content (AvgIpc) is 3.36. The third-order valence-corrected chi connectivity index (χ3v) is 6.11. The maximum absolute atomic E-state index is 4.99. The van der Waals surface area contributed by atoms with Gasteiger partial charge in [-0.15, -0.1) is 0 Å². The van der Waals surface area contributed by atoms with Gasteiger partial charge in [0, 0.05) is 55.2 Å². The molecule has 2 N–H and O–H groups in total. The van der Waals surface area contributed by atoms with Gasteiger partial charge in [0.25, 0.3) is 0 Å². The lowest BCUT2D eigenvalue weighted by atomic mass is 9.93. The number of H-pyrrole nitrogens is 1. The molecule has 2 aromatic heterocycles. The van der Waals surface area contributed by atoms with Crippen LogP contribution in [-0.4, -0.2) is 51.6 Å². The van der Waals surface area contributed by atoms with Gasteiger partial charge in [0.1, 0.15) is 0 Å². The zero-order valence-corrected chi connectivity index (χ0v) is 17.7.